The van der Waals surface area contributed by atoms with Crippen LogP contribution < -0.4 is 0 Å². The van der Waals surface area contributed by atoms with Crippen molar-refractivity contribution in [2.75, 3.05) is 13.1 Å². The van der Waals surface area contributed by atoms with Crippen molar-refractivity contribution in [3.63, 3.8) is 0 Å². The minimum atomic E-state index is -0.0837. The number of aliphatic hydroxyl groups is 1. The predicted molar refractivity (Wildman–Crippen MR) is 79.7 cm³/mol. The highest BCUT2D eigenvalue weighted by Gasteiger charge is 2.41. The molecule has 1 aromatic heterocycles. The summed E-state index contributed by atoms with van der Waals surface area (Å²) in [6.45, 7) is 1.46. The maximum atomic E-state index is 12.6. The smallest absolute Gasteiger partial charge is 0.222 e. The standard InChI is InChI=1S/C16H24N4O2/c21-10-14-8-20(18-17-14)15-3-4-19(9-15)16(22)7-13-6-11-1-2-12(13)5-11/h8,11-13,15,21H,1-7,9-10H2. The van der Waals surface area contributed by atoms with Crippen LogP contribution in [0, 0.1) is 17.8 Å². The maximum absolute atomic E-state index is 12.6. The second-order valence-corrected chi connectivity index (χ2v) is 7.27. The zero-order valence-corrected chi connectivity index (χ0v) is 12.9. The third kappa shape index (κ3) is 2.53. The molecule has 2 saturated carbocycles. The second-order valence-electron chi connectivity index (χ2n) is 7.27. The van der Waals surface area contributed by atoms with Crippen LogP contribution in [-0.4, -0.2) is 44.0 Å². The third-order valence-electron chi connectivity index (χ3n) is 5.93. The fourth-order valence-electron chi connectivity index (χ4n) is 4.73. The summed E-state index contributed by atoms with van der Waals surface area (Å²) < 4.78 is 1.80. The van der Waals surface area contributed by atoms with Crippen molar-refractivity contribution in [3.05, 3.63) is 11.9 Å². The molecular weight excluding hydrogens is 280 g/mol. The van der Waals surface area contributed by atoms with E-state index in [1.54, 1.807) is 10.9 Å². The van der Waals surface area contributed by atoms with E-state index in [2.05, 4.69) is 10.3 Å². The SMILES string of the molecule is O=C(CC1CC2CCC1C2)N1CCC(n2cc(CO)nn2)C1. The van der Waals surface area contributed by atoms with Gasteiger partial charge in [0.25, 0.3) is 0 Å². The van der Waals surface area contributed by atoms with Crippen molar-refractivity contribution in [2.45, 2.75) is 51.2 Å². The third-order valence-corrected chi connectivity index (χ3v) is 5.93. The van der Waals surface area contributed by atoms with Crippen LogP contribution in [0.1, 0.15) is 50.3 Å². The van der Waals surface area contributed by atoms with Crippen molar-refractivity contribution in [2.24, 2.45) is 17.8 Å². The number of likely N-dealkylation sites (tertiary alicyclic amines) is 1. The van der Waals surface area contributed by atoms with Crippen LogP contribution >= 0.6 is 0 Å². The number of fused-ring (bicyclic) bond motifs is 2. The Hall–Kier alpha value is -1.43. The van der Waals surface area contributed by atoms with Crippen molar-refractivity contribution in [1.29, 1.82) is 0 Å². The quantitative estimate of drug-likeness (QED) is 0.912. The van der Waals surface area contributed by atoms with Gasteiger partial charge in [-0.2, -0.15) is 0 Å². The Morgan fingerprint density at radius 3 is 2.91 bits per heavy atom. The molecule has 6 heteroatoms. The van der Waals surface area contributed by atoms with Gasteiger partial charge in [0.05, 0.1) is 18.8 Å². The minimum Gasteiger partial charge on any atom is -0.390 e. The first-order valence-electron chi connectivity index (χ1n) is 8.52. The molecule has 4 rings (SSSR count). The van der Waals surface area contributed by atoms with Gasteiger partial charge >= 0.3 is 0 Å². The van der Waals surface area contributed by atoms with E-state index in [0.717, 1.165) is 37.8 Å². The number of rotatable bonds is 4. The van der Waals surface area contributed by atoms with Crippen LogP contribution in [0.25, 0.3) is 0 Å². The van der Waals surface area contributed by atoms with Crippen LogP contribution in [0.15, 0.2) is 6.20 Å². The van der Waals surface area contributed by atoms with Gasteiger partial charge in [0.15, 0.2) is 0 Å². The maximum Gasteiger partial charge on any atom is 0.222 e. The highest BCUT2D eigenvalue weighted by molar-refractivity contribution is 5.76. The molecule has 0 aromatic carbocycles. The van der Waals surface area contributed by atoms with Crippen molar-refractivity contribution in [1.82, 2.24) is 19.9 Å². The summed E-state index contributed by atoms with van der Waals surface area (Å²) in [7, 11) is 0. The van der Waals surface area contributed by atoms with E-state index in [-0.39, 0.29) is 12.6 Å². The van der Waals surface area contributed by atoms with Crippen molar-refractivity contribution >= 4 is 5.91 Å². The monoisotopic (exact) mass is 304 g/mol. The zero-order valence-electron chi connectivity index (χ0n) is 12.9. The Kier molecular flexibility index (Phi) is 3.64. The number of carbonyl (C=O) groups is 1. The number of hydrogen-bond acceptors (Lipinski definition) is 4. The van der Waals surface area contributed by atoms with Crippen LogP contribution in [0.3, 0.4) is 0 Å². The van der Waals surface area contributed by atoms with E-state index in [4.69, 9.17) is 5.11 Å². The van der Waals surface area contributed by atoms with Crippen molar-refractivity contribution in [3.8, 4) is 0 Å². The average Bonchev–Trinajstić information content (AvgIpc) is 3.28. The van der Waals surface area contributed by atoms with E-state index < -0.39 is 0 Å². The molecule has 3 aliphatic rings. The van der Waals surface area contributed by atoms with Gasteiger partial charge in [0.2, 0.25) is 5.91 Å². The molecule has 4 unspecified atom stereocenters. The summed E-state index contributed by atoms with van der Waals surface area (Å²) in [6.07, 6.45) is 8.83. The Morgan fingerprint density at radius 2 is 2.23 bits per heavy atom. The molecular formula is C16H24N4O2. The van der Waals surface area contributed by atoms with Crippen LogP contribution in [0.2, 0.25) is 0 Å². The summed E-state index contributed by atoms with van der Waals surface area (Å²) in [6, 6.07) is 0.205. The Bertz CT molecular complexity index is 558. The number of aliphatic hydroxyl groups excluding tert-OH is 1. The molecule has 120 valence electrons. The molecule has 1 aromatic rings. The van der Waals surface area contributed by atoms with Crippen LogP contribution in [-0.2, 0) is 11.4 Å². The largest absolute Gasteiger partial charge is 0.390 e. The highest BCUT2D eigenvalue weighted by atomic mass is 16.3. The number of carbonyl (C=O) groups excluding carboxylic acids is 1. The Labute approximate surface area is 130 Å². The molecule has 22 heavy (non-hydrogen) atoms. The molecule has 1 aliphatic heterocycles. The normalized spacial score (nSPS) is 33.8. The van der Waals surface area contributed by atoms with Gasteiger partial charge in [-0.05, 0) is 43.4 Å². The predicted octanol–water partition coefficient (Wildman–Crippen LogP) is 1.37. The molecule has 2 bridgehead atoms. The molecule has 6 nitrogen and oxygen atoms in total. The lowest BCUT2D eigenvalue weighted by Crippen LogP contribution is -2.31. The van der Waals surface area contributed by atoms with Gasteiger partial charge in [0.1, 0.15) is 5.69 Å². The van der Waals surface area contributed by atoms with E-state index in [0.29, 0.717) is 17.5 Å². The topological polar surface area (TPSA) is 71.2 Å². The lowest BCUT2D eigenvalue weighted by Gasteiger charge is -2.24. The summed E-state index contributed by atoms with van der Waals surface area (Å²) in [4.78, 5) is 14.6. The molecule has 4 atom stereocenters. The first kappa shape index (κ1) is 14.2. The summed E-state index contributed by atoms with van der Waals surface area (Å²) in [5.74, 6) is 2.68. The number of aromatic nitrogens is 3. The molecule has 1 N–H and O–H groups in total. The first-order chi connectivity index (χ1) is 10.7. The molecule has 2 aliphatic carbocycles. The number of amides is 1. The Morgan fingerprint density at radius 1 is 1.32 bits per heavy atom. The lowest BCUT2D eigenvalue weighted by atomic mass is 9.86. The number of hydrogen-bond donors (Lipinski definition) is 1. The lowest BCUT2D eigenvalue weighted by molar-refractivity contribution is -0.131. The highest BCUT2D eigenvalue weighted by Crippen LogP contribution is 2.49. The van der Waals surface area contributed by atoms with Gasteiger partial charge in [-0.25, -0.2) is 4.68 Å². The van der Waals surface area contributed by atoms with Crippen molar-refractivity contribution < 1.29 is 9.90 Å². The molecule has 3 fully saturated rings. The van der Waals surface area contributed by atoms with Gasteiger partial charge in [-0.1, -0.05) is 11.6 Å². The minimum absolute atomic E-state index is 0.0837. The van der Waals surface area contributed by atoms with E-state index >= 15 is 0 Å². The fraction of sp³-hybridized carbons (Fsp3) is 0.812. The van der Waals surface area contributed by atoms with E-state index in [1.807, 2.05) is 4.90 Å². The molecule has 0 spiro atoms. The fourth-order valence-corrected chi connectivity index (χ4v) is 4.73. The zero-order chi connectivity index (χ0) is 15.1. The summed E-state index contributed by atoms with van der Waals surface area (Å²) in [5.41, 5.74) is 0.590. The number of nitrogens with zero attached hydrogens (tertiary/aromatic N) is 4. The van der Waals surface area contributed by atoms with Gasteiger partial charge in [-0.3, -0.25) is 4.79 Å². The second kappa shape index (κ2) is 5.65. The molecule has 2 heterocycles. The van der Waals surface area contributed by atoms with Gasteiger partial charge in [0, 0.05) is 19.5 Å². The van der Waals surface area contributed by atoms with E-state index in [1.165, 1.54) is 25.7 Å². The van der Waals surface area contributed by atoms with Gasteiger partial charge in [-0.15, -0.1) is 5.10 Å². The molecule has 1 amide bonds. The van der Waals surface area contributed by atoms with E-state index in [9.17, 15) is 4.79 Å². The molecule has 0 radical (unpaired) electrons. The first-order valence-corrected chi connectivity index (χ1v) is 8.52. The summed E-state index contributed by atoms with van der Waals surface area (Å²) >= 11 is 0. The van der Waals surface area contributed by atoms with Crippen LogP contribution in [0.5, 0.6) is 0 Å². The van der Waals surface area contributed by atoms with Crippen LogP contribution in [0.4, 0.5) is 0 Å². The average molecular weight is 304 g/mol. The molecule has 1 saturated heterocycles. The van der Waals surface area contributed by atoms with Gasteiger partial charge < -0.3 is 10.0 Å². The summed E-state index contributed by atoms with van der Waals surface area (Å²) in [5, 5.41) is 17.0. The Balaban J connectivity index is 1.33.